The topological polar surface area (TPSA) is 42.1 Å². The van der Waals surface area contributed by atoms with E-state index in [9.17, 15) is 18.0 Å². The molecule has 0 radical (unpaired) electrons. The molecule has 0 saturated carbocycles. The number of aromatic nitrogens is 1. The fourth-order valence-electron chi connectivity index (χ4n) is 1.51. The molecule has 0 aliphatic carbocycles. The Morgan fingerprint density at radius 2 is 1.79 bits per heavy atom. The summed E-state index contributed by atoms with van der Waals surface area (Å²) >= 11 is 5.90. The normalized spacial score (nSPS) is 11.4. The number of alkyl halides is 3. The minimum atomic E-state index is -4.73. The molecule has 0 saturated heterocycles. The first-order chi connectivity index (χ1) is 8.85. The van der Waals surface area contributed by atoms with E-state index >= 15 is 0 Å². The summed E-state index contributed by atoms with van der Waals surface area (Å²) < 4.78 is 39.7. The van der Waals surface area contributed by atoms with Crippen LogP contribution in [0.25, 0.3) is 11.1 Å². The molecule has 0 bridgehead atoms. The number of nitrogens with one attached hydrogen (secondary N) is 1. The van der Waals surface area contributed by atoms with Crippen molar-refractivity contribution in [2.75, 3.05) is 0 Å². The molecule has 1 aromatic carbocycles. The Morgan fingerprint density at radius 3 is 2.37 bits per heavy atom. The highest BCUT2D eigenvalue weighted by molar-refractivity contribution is 6.33. The molecule has 1 N–H and O–H groups in total. The van der Waals surface area contributed by atoms with Crippen LogP contribution in [0.2, 0.25) is 5.02 Å². The lowest BCUT2D eigenvalue weighted by atomic mass is 10.1. The zero-order chi connectivity index (χ0) is 14.0. The molecule has 3 nitrogen and oxygen atoms in total. The lowest BCUT2D eigenvalue weighted by Gasteiger charge is -2.09. The van der Waals surface area contributed by atoms with Gasteiger partial charge in [-0.3, -0.25) is 4.79 Å². The minimum Gasteiger partial charge on any atom is -0.406 e. The lowest BCUT2D eigenvalue weighted by Crippen LogP contribution is -2.16. The van der Waals surface area contributed by atoms with E-state index < -0.39 is 6.36 Å². The van der Waals surface area contributed by atoms with Crippen molar-refractivity contribution in [1.29, 1.82) is 0 Å². The number of hydrogen-bond acceptors (Lipinski definition) is 2. The standard InChI is InChI=1S/C12H7ClF3NO2/c13-10-6-17-11(18)5-9(10)7-1-3-8(4-2-7)19-12(14,15)16/h1-6H,(H,17,18). The van der Waals surface area contributed by atoms with Crippen LogP contribution in [-0.4, -0.2) is 11.3 Å². The molecule has 1 heterocycles. The molecule has 0 spiro atoms. The van der Waals surface area contributed by atoms with Crippen LogP contribution in [0.4, 0.5) is 13.2 Å². The van der Waals surface area contributed by atoms with Gasteiger partial charge in [0, 0.05) is 17.8 Å². The van der Waals surface area contributed by atoms with Crippen molar-refractivity contribution in [1.82, 2.24) is 4.98 Å². The molecular weight excluding hydrogens is 283 g/mol. The van der Waals surface area contributed by atoms with Gasteiger partial charge in [0.2, 0.25) is 5.56 Å². The maximum Gasteiger partial charge on any atom is 0.573 e. The van der Waals surface area contributed by atoms with E-state index in [1.54, 1.807) is 0 Å². The van der Waals surface area contributed by atoms with Crippen LogP contribution in [0.15, 0.2) is 41.3 Å². The Bertz CT molecular complexity index is 635. The van der Waals surface area contributed by atoms with Gasteiger partial charge in [-0.25, -0.2) is 0 Å². The van der Waals surface area contributed by atoms with Gasteiger partial charge in [-0.1, -0.05) is 23.7 Å². The molecule has 19 heavy (non-hydrogen) atoms. The Kier molecular flexibility index (Phi) is 3.53. The van der Waals surface area contributed by atoms with E-state index in [-0.39, 0.29) is 11.3 Å². The van der Waals surface area contributed by atoms with Gasteiger partial charge in [0.15, 0.2) is 0 Å². The van der Waals surface area contributed by atoms with E-state index in [1.807, 2.05) is 0 Å². The predicted molar refractivity (Wildman–Crippen MR) is 64.2 cm³/mol. The molecule has 0 fully saturated rings. The lowest BCUT2D eigenvalue weighted by molar-refractivity contribution is -0.274. The second-order valence-corrected chi connectivity index (χ2v) is 4.04. The van der Waals surface area contributed by atoms with Crippen molar-refractivity contribution in [2.24, 2.45) is 0 Å². The Hall–Kier alpha value is -1.95. The molecular formula is C12H7ClF3NO2. The van der Waals surface area contributed by atoms with Crippen LogP contribution in [0, 0.1) is 0 Å². The second kappa shape index (κ2) is 4.97. The van der Waals surface area contributed by atoms with Gasteiger partial charge < -0.3 is 9.72 Å². The van der Waals surface area contributed by atoms with Crippen LogP contribution in [0.3, 0.4) is 0 Å². The van der Waals surface area contributed by atoms with Gasteiger partial charge in [-0.2, -0.15) is 0 Å². The number of hydrogen-bond donors (Lipinski definition) is 1. The highest BCUT2D eigenvalue weighted by Crippen LogP contribution is 2.29. The Labute approximate surface area is 110 Å². The first-order valence-corrected chi connectivity index (χ1v) is 5.47. The third kappa shape index (κ3) is 3.51. The van der Waals surface area contributed by atoms with Crippen LogP contribution in [0.5, 0.6) is 5.75 Å². The quantitative estimate of drug-likeness (QED) is 0.918. The highest BCUT2D eigenvalue weighted by Gasteiger charge is 2.30. The fourth-order valence-corrected chi connectivity index (χ4v) is 1.73. The largest absolute Gasteiger partial charge is 0.573 e. The second-order valence-electron chi connectivity index (χ2n) is 3.63. The maximum absolute atomic E-state index is 12.0. The molecule has 2 rings (SSSR count). The molecule has 100 valence electrons. The average Bonchev–Trinajstić information content (AvgIpc) is 2.31. The smallest absolute Gasteiger partial charge is 0.406 e. The van der Waals surface area contributed by atoms with Gasteiger partial charge in [0.05, 0.1) is 5.02 Å². The number of H-pyrrole nitrogens is 1. The third-order valence-electron chi connectivity index (χ3n) is 2.27. The van der Waals surface area contributed by atoms with Gasteiger partial charge in [0.25, 0.3) is 0 Å². The molecule has 0 atom stereocenters. The van der Waals surface area contributed by atoms with Gasteiger partial charge in [-0.05, 0) is 17.7 Å². The fraction of sp³-hybridized carbons (Fsp3) is 0.0833. The summed E-state index contributed by atoms with van der Waals surface area (Å²) in [6, 6.07) is 6.35. The molecule has 0 aliphatic rings. The highest BCUT2D eigenvalue weighted by atomic mass is 35.5. The number of ether oxygens (including phenoxy) is 1. The minimum absolute atomic E-state index is 0.295. The first kappa shape index (κ1) is 13.5. The molecule has 2 aromatic rings. The molecule has 0 unspecified atom stereocenters. The molecule has 0 aliphatic heterocycles. The van der Waals surface area contributed by atoms with Gasteiger partial charge in [-0.15, -0.1) is 13.2 Å². The van der Waals surface area contributed by atoms with Crippen molar-refractivity contribution >= 4 is 11.6 Å². The summed E-state index contributed by atoms with van der Waals surface area (Å²) in [5.74, 6) is -0.336. The summed E-state index contributed by atoms with van der Waals surface area (Å²) in [6.45, 7) is 0. The van der Waals surface area contributed by atoms with Crippen molar-refractivity contribution in [3.8, 4) is 16.9 Å². The van der Waals surface area contributed by atoms with E-state index in [4.69, 9.17) is 11.6 Å². The molecule has 1 aromatic heterocycles. The Morgan fingerprint density at radius 1 is 1.16 bits per heavy atom. The van der Waals surface area contributed by atoms with Crippen LogP contribution in [0.1, 0.15) is 0 Å². The predicted octanol–water partition coefficient (Wildman–Crippen LogP) is 3.59. The van der Waals surface area contributed by atoms with E-state index in [2.05, 4.69) is 9.72 Å². The Balaban J connectivity index is 2.32. The number of rotatable bonds is 2. The van der Waals surface area contributed by atoms with Crippen molar-refractivity contribution in [3.05, 3.63) is 51.9 Å². The number of pyridine rings is 1. The van der Waals surface area contributed by atoms with E-state index in [1.165, 1.54) is 24.4 Å². The van der Waals surface area contributed by atoms with Crippen molar-refractivity contribution in [3.63, 3.8) is 0 Å². The van der Waals surface area contributed by atoms with Crippen LogP contribution >= 0.6 is 11.6 Å². The molecule has 7 heteroatoms. The third-order valence-corrected chi connectivity index (χ3v) is 2.59. The molecule has 0 amide bonds. The van der Waals surface area contributed by atoms with Crippen molar-refractivity contribution < 1.29 is 17.9 Å². The van der Waals surface area contributed by atoms with Crippen molar-refractivity contribution in [2.45, 2.75) is 6.36 Å². The monoisotopic (exact) mass is 289 g/mol. The van der Waals surface area contributed by atoms with E-state index in [0.717, 1.165) is 12.1 Å². The number of benzene rings is 1. The zero-order valence-corrected chi connectivity index (χ0v) is 10.0. The average molecular weight is 290 g/mol. The summed E-state index contributed by atoms with van der Waals surface area (Å²) in [5, 5.41) is 0.295. The summed E-state index contributed by atoms with van der Waals surface area (Å²) in [4.78, 5) is 13.6. The first-order valence-electron chi connectivity index (χ1n) is 5.09. The summed E-state index contributed by atoms with van der Waals surface area (Å²) in [5.41, 5.74) is 0.601. The van der Waals surface area contributed by atoms with Gasteiger partial charge in [0.1, 0.15) is 5.75 Å². The van der Waals surface area contributed by atoms with Crippen LogP contribution < -0.4 is 10.3 Å². The zero-order valence-electron chi connectivity index (χ0n) is 9.29. The summed E-state index contributed by atoms with van der Waals surface area (Å²) in [6.07, 6.45) is -3.41. The SMILES string of the molecule is O=c1cc(-c2ccc(OC(F)(F)F)cc2)c(Cl)c[nH]1. The van der Waals surface area contributed by atoms with Gasteiger partial charge >= 0.3 is 6.36 Å². The van der Waals surface area contributed by atoms with E-state index in [0.29, 0.717) is 16.1 Å². The summed E-state index contributed by atoms with van der Waals surface area (Å²) in [7, 11) is 0. The maximum atomic E-state index is 12.0. The number of halogens is 4. The van der Waals surface area contributed by atoms with Crippen LogP contribution in [-0.2, 0) is 0 Å². The number of aromatic amines is 1.